The average molecular weight is 296 g/mol. The normalized spacial score (nSPS) is 11.2. The van der Waals surface area contributed by atoms with E-state index in [1.54, 1.807) is 0 Å². The van der Waals surface area contributed by atoms with Crippen molar-refractivity contribution in [2.24, 2.45) is 0 Å². The van der Waals surface area contributed by atoms with Crippen LogP contribution in [0, 0.1) is 0 Å². The van der Waals surface area contributed by atoms with E-state index in [-0.39, 0.29) is 6.61 Å². The number of hydrogen-bond donors (Lipinski definition) is 1. The van der Waals surface area contributed by atoms with Crippen molar-refractivity contribution >= 4 is 26.8 Å². The predicted octanol–water partition coefficient (Wildman–Crippen LogP) is 3.74. The zero-order valence-electron chi connectivity index (χ0n) is 10.1. The summed E-state index contributed by atoms with van der Waals surface area (Å²) in [5.41, 5.74) is 2.63. The van der Waals surface area contributed by atoms with Crippen LogP contribution in [0.15, 0.2) is 28.9 Å². The van der Waals surface area contributed by atoms with E-state index in [1.165, 1.54) is 16.5 Å². The highest BCUT2D eigenvalue weighted by atomic mass is 79.9. The van der Waals surface area contributed by atoms with Crippen molar-refractivity contribution in [3.63, 3.8) is 0 Å². The minimum absolute atomic E-state index is 0.261. The van der Waals surface area contributed by atoms with Crippen LogP contribution in [0.1, 0.15) is 25.3 Å². The van der Waals surface area contributed by atoms with Gasteiger partial charge in [0.05, 0.1) is 0 Å². The molecule has 0 saturated heterocycles. The Balaban J connectivity index is 2.46. The number of aliphatic hydroxyl groups excluding tert-OH is 1. The molecule has 0 aliphatic carbocycles. The molecule has 0 saturated carbocycles. The number of benzene rings is 1. The molecule has 0 spiro atoms. The summed E-state index contributed by atoms with van der Waals surface area (Å²) in [5, 5.41) is 10.3. The number of nitrogens with zero attached hydrogens (tertiary/aromatic N) is 1. The molecule has 1 heterocycles. The first-order valence-corrected chi connectivity index (χ1v) is 6.93. The molecular formula is C14H18BrNO. The SMILES string of the molecule is CCCn1cc(CCCO)c2ccc(Br)cc21. The molecule has 0 aliphatic rings. The zero-order chi connectivity index (χ0) is 12.3. The summed E-state index contributed by atoms with van der Waals surface area (Å²) >= 11 is 3.53. The number of halogens is 1. The lowest BCUT2D eigenvalue weighted by atomic mass is 10.1. The van der Waals surface area contributed by atoms with E-state index < -0.39 is 0 Å². The summed E-state index contributed by atoms with van der Waals surface area (Å²) in [4.78, 5) is 0. The molecule has 2 nitrogen and oxygen atoms in total. The largest absolute Gasteiger partial charge is 0.396 e. The van der Waals surface area contributed by atoms with Crippen LogP contribution >= 0.6 is 15.9 Å². The number of rotatable bonds is 5. The smallest absolute Gasteiger partial charge is 0.0494 e. The molecule has 1 aromatic heterocycles. The van der Waals surface area contributed by atoms with Gasteiger partial charge in [-0.05, 0) is 37.0 Å². The fraction of sp³-hybridized carbons (Fsp3) is 0.429. The van der Waals surface area contributed by atoms with E-state index in [4.69, 9.17) is 5.11 Å². The fourth-order valence-corrected chi connectivity index (χ4v) is 2.58. The molecule has 1 N–H and O–H groups in total. The van der Waals surface area contributed by atoms with Crippen LogP contribution < -0.4 is 0 Å². The van der Waals surface area contributed by atoms with Crippen molar-refractivity contribution in [2.45, 2.75) is 32.7 Å². The van der Waals surface area contributed by atoms with Crippen molar-refractivity contribution in [3.05, 3.63) is 34.4 Å². The summed E-state index contributed by atoms with van der Waals surface area (Å²) in [6, 6.07) is 6.42. The van der Waals surface area contributed by atoms with E-state index in [9.17, 15) is 0 Å². The number of aliphatic hydroxyl groups is 1. The van der Waals surface area contributed by atoms with E-state index >= 15 is 0 Å². The third-order valence-corrected chi connectivity index (χ3v) is 3.49. The molecule has 17 heavy (non-hydrogen) atoms. The van der Waals surface area contributed by atoms with Gasteiger partial charge in [0.15, 0.2) is 0 Å². The predicted molar refractivity (Wildman–Crippen MR) is 75.3 cm³/mol. The van der Waals surface area contributed by atoms with Crippen LogP contribution in [0.4, 0.5) is 0 Å². The molecule has 0 amide bonds. The van der Waals surface area contributed by atoms with Gasteiger partial charge in [0, 0.05) is 34.7 Å². The lowest BCUT2D eigenvalue weighted by molar-refractivity contribution is 0.288. The molecule has 0 radical (unpaired) electrons. The second kappa shape index (κ2) is 5.69. The molecule has 92 valence electrons. The van der Waals surface area contributed by atoms with E-state index in [0.29, 0.717) is 0 Å². The van der Waals surface area contributed by atoms with Gasteiger partial charge in [0.25, 0.3) is 0 Å². The first kappa shape index (κ1) is 12.7. The quantitative estimate of drug-likeness (QED) is 0.893. The van der Waals surface area contributed by atoms with Gasteiger partial charge in [0.1, 0.15) is 0 Å². The number of hydrogen-bond acceptors (Lipinski definition) is 1. The van der Waals surface area contributed by atoms with Gasteiger partial charge in [-0.15, -0.1) is 0 Å². The van der Waals surface area contributed by atoms with Gasteiger partial charge in [-0.3, -0.25) is 0 Å². The van der Waals surface area contributed by atoms with Crippen LogP contribution in [-0.4, -0.2) is 16.3 Å². The number of aryl methyl sites for hydroxylation is 2. The molecule has 0 bridgehead atoms. The molecular weight excluding hydrogens is 278 g/mol. The van der Waals surface area contributed by atoms with Crippen LogP contribution in [0.3, 0.4) is 0 Å². The van der Waals surface area contributed by atoms with Crippen LogP contribution in [-0.2, 0) is 13.0 Å². The van der Waals surface area contributed by atoms with Crippen molar-refractivity contribution < 1.29 is 5.11 Å². The monoisotopic (exact) mass is 295 g/mol. The summed E-state index contributed by atoms with van der Waals surface area (Å²) in [5.74, 6) is 0. The summed E-state index contributed by atoms with van der Waals surface area (Å²) in [6.07, 6.45) is 5.15. The van der Waals surface area contributed by atoms with E-state index in [1.807, 2.05) is 0 Å². The van der Waals surface area contributed by atoms with Gasteiger partial charge in [-0.25, -0.2) is 0 Å². The Labute approximate surface area is 110 Å². The minimum Gasteiger partial charge on any atom is -0.396 e. The van der Waals surface area contributed by atoms with Gasteiger partial charge < -0.3 is 9.67 Å². The highest BCUT2D eigenvalue weighted by molar-refractivity contribution is 9.10. The Kier molecular flexibility index (Phi) is 4.24. The third-order valence-electron chi connectivity index (χ3n) is 3.00. The maximum Gasteiger partial charge on any atom is 0.0494 e. The number of aromatic nitrogens is 1. The fourth-order valence-electron chi connectivity index (χ4n) is 2.24. The Morgan fingerprint density at radius 1 is 1.35 bits per heavy atom. The van der Waals surface area contributed by atoms with Crippen molar-refractivity contribution in [2.75, 3.05) is 6.61 Å². The van der Waals surface area contributed by atoms with Crippen molar-refractivity contribution in [1.82, 2.24) is 4.57 Å². The second-order valence-corrected chi connectivity index (χ2v) is 5.25. The van der Waals surface area contributed by atoms with Gasteiger partial charge in [-0.2, -0.15) is 0 Å². The minimum atomic E-state index is 0.261. The topological polar surface area (TPSA) is 25.2 Å². The van der Waals surface area contributed by atoms with Gasteiger partial charge in [0.2, 0.25) is 0 Å². The Morgan fingerprint density at radius 2 is 2.18 bits per heavy atom. The van der Waals surface area contributed by atoms with Crippen LogP contribution in [0.5, 0.6) is 0 Å². The first-order chi connectivity index (χ1) is 8.26. The molecule has 1 aromatic carbocycles. The van der Waals surface area contributed by atoms with Crippen molar-refractivity contribution in [1.29, 1.82) is 0 Å². The molecule has 0 aliphatic heterocycles. The van der Waals surface area contributed by atoms with Gasteiger partial charge >= 0.3 is 0 Å². The lowest BCUT2D eigenvalue weighted by Crippen LogP contribution is -1.93. The molecule has 0 atom stereocenters. The van der Waals surface area contributed by atoms with Crippen LogP contribution in [0.25, 0.3) is 10.9 Å². The van der Waals surface area contributed by atoms with Crippen LogP contribution in [0.2, 0.25) is 0 Å². The second-order valence-electron chi connectivity index (χ2n) is 4.34. The molecule has 0 unspecified atom stereocenters. The summed E-state index contributed by atoms with van der Waals surface area (Å²) in [7, 11) is 0. The first-order valence-electron chi connectivity index (χ1n) is 6.14. The summed E-state index contributed by atoms with van der Waals surface area (Å²) in [6.45, 7) is 3.50. The number of fused-ring (bicyclic) bond motifs is 1. The van der Waals surface area contributed by atoms with E-state index in [2.05, 4.69) is 51.8 Å². The maximum atomic E-state index is 8.94. The zero-order valence-corrected chi connectivity index (χ0v) is 11.7. The highest BCUT2D eigenvalue weighted by Gasteiger charge is 2.08. The molecule has 3 heteroatoms. The molecule has 2 aromatic rings. The maximum absolute atomic E-state index is 8.94. The average Bonchev–Trinajstić information content (AvgIpc) is 2.65. The van der Waals surface area contributed by atoms with Gasteiger partial charge in [-0.1, -0.05) is 28.9 Å². The highest BCUT2D eigenvalue weighted by Crippen LogP contribution is 2.26. The Morgan fingerprint density at radius 3 is 2.88 bits per heavy atom. The summed E-state index contributed by atoms with van der Waals surface area (Å²) < 4.78 is 3.43. The van der Waals surface area contributed by atoms with E-state index in [0.717, 1.165) is 30.3 Å². The third kappa shape index (κ3) is 2.72. The standard InChI is InChI=1S/C14H18BrNO/c1-2-7-16-10-11(4-3-8-17)13-6-5-12(15)9-14(13)16/h5-6,9-10,17H,2-4,7-8H2,1H3. The molecule has 2 rings (SSSR count). The lowest BCUT2D eigenvalue weighted by Gasteiger charge is -2.02. The Bertz CT molecular complexity index is 504. The molecule has 0 fully saturated rings. The Hall–Kier alpha value is -0.800. The van der Waals surface area contributed by atoms with Crippen molar-refractivity contribution in [3.8, 4) is 0 Å².